The van der Waals surface area contributed by atoms with Gasteiger partial charge in [0.2, 0.25) is 5.91 Å². The number of carboxylic acids is 1. The van der Waals surface area contributed by atoms with Crippen LogP contribution in [0.5, 0.6) is 0 Å². The summed E-state index contributed by atoms with van der Waals surface area (Å²) in [6, 6.07) is 0. The maximum absolute atomic E-state index is 12.0. The number of nitrogens with two attached hydrogens (primary N) is 1. The Morgan fingerprint density at radius 2 is 2.14 bits per heavy atom. The maximum Gasteiger partial charge on any atom is 0.351 e. The van der Waals surface area contributed by atoms with Gasteiger partial charge >= 0.3 is 11.7 Å². The van der Waals surface area contributed by atoms with E-state index in [9.17, 15) is 24.7 Å². The second kappa shape index (κ2) is 9.29. The van der Waals surface area contributed by atoms with Crippen molar-refractivity contribution in [2.45, 2.75) is 37.7 Å². The van der Waals surface area contributed by atoms with Crippen molar-refractivity contribution in [2.24, 2.45) is 0 Å². The number of hydrogen-bond acceptors (Lipinski definition) is 9. The first-order chi connectivity index (χ1) is 13.2. The third kappa shape index (κ3) is 5.27. The lowest BCUT2D eigenvalue weighted by atomic mass is 10.2. The maximum atomic E-state index is 12.0. The third-order valence-corrected chi connectivity index (χ3v) is 3.97. The minimum Gasteiger partial charge on any atom is -0.481 e. The Balaban J connectivity index is 2.11. The summed E-state index contributed by atoms with van der Waals surface area (Å²) >= 11 is 0. The zero-order valence-electron chi connectivity index (χ0n) is 14.7. The number of ether oxygens (including phenoxy) is 1. The van der Waals surface area contributed by atoms with Crippen LogP contribution < -0.4 is 11.4 Å². The van der Waals surface area contributed by atoms with Crippen molar-refractivity contribution < 1.29 is 34.9 Å². The van der Waals surface area contributed by atoms with E-state index < -0.39 is 55.6 Å². The van der Waals surface area contributed by atoms with E-state index in [4.69, 9.17) is 20.7 Å². The normalized spacial score (nSPS) is 21.0. The van der Waals surface area contributed by atoms with Crippen molar-refractivity contribution in [2.75, 3.05) is 18.9 Å². The molecule has 6 N–H and O–H groups in total. The van der Waals surface area contributed by atoms with E-state index in [0.717, 1.165) is 4.57 Å². The van der Waals surface area contributed by atoms with E-state index in [1.165, 1.54) is 6.20 Å². The fraction of sp³-hybridized carbons (Fsp3) is 0.500. The van der Waals surface area contributed by atoms with Crippen molar-refractivity contribution >= 4 is 17.7 Å². The van der Waals surface area contributed by atoms with Crippen LogP contribution in [0, 0.1) is 11.8 Å². The van der Waals surface area contributed by atoms with Crippen LogP contribution in [0.3, 0.4) is 0 Å². The summed E-state index contributed by atoms with van der Waals surface area (Å²) in [4.78, 5) is 37.6. The Morgan fingerprint density at radius 3 is 2.75 bits per heavy atom. The Morgan fingerprint density at radius 1 is 1.43 bits per heavy atom. The molecule has 1 aliphatic heterocycles. The highest BCUT2D eigenvalue weighted by molar-refractivity contribution is 5.80. The lowest BCUT2D eigenvalue weighted by molar-refractivity contribution is -0.163. The van der Waals surface area contributed by atoms with E-state index >= 15 is 0 Å². The number of aliphatic hydroxyl groups excluding tert-OH is 2. The largest absolute Gasteiger partial charge is 0.481 e. The molecular weight excluding hydrogens is 376 g/mol. The number of amides is 1. The molecule has 12 heteroatoms. The lowest BCUT2D eigenvalue weighted by Crippen LogP contribution is -2.29. The average molecular weight is 396 g/mol. The number of nitrogens with zero attached hydrogens (tertiary/aromatic N) is 3. The molecule has 12 nitrogen and oxygen atoms in total. The van der Waals surface area contributed by atoms with Gasteiger partial charge in [0.1, 0.15) is 24.7 Å². The summed E-state index contributed by atoms with van der Waals surface area (Å²) in [5, 5.41) is 37.3. The van der Waals surface area contributed by atoms with Crippen LogP contribution in [-0.2, 0) is 14.3 Å². The summed E-state index contributed by atoms with van der Waals surface area (Å²) in [6.07, 6.45) is -2.12. The highest BCUT2D eigenvalue weighted by atomic mass is 16.5. The number of hydrogen-bond donors (Lipinski definition) is 5. The summed E-state index contributed by atoms with van der Waals surface area (Å²) < 4.78 is 6.48. The minimum absolute atomic E-state index is 0.0616. The van der Waals surface area contributed by atoms with Gasteiger partial charge in [-0.25, -0.2) is 9.86 Å². The fourth-order valence-corrected chi connectivity index (χ4v) is 2.48. The second-order valence-corrected chi connectivity index (χ2v) is 5.99. The van der Waals surface area contributed by atoms with E-state index in [1.54, 1.807) is 0 Å². The van der Waals surface area contributed by atoms with Crippen molar-refractivity contribution in [1.82, 2.24) is 14.6 Å². The van der Waals surface area contributed by atoms with Gasteiger partial charge in [0.15, 0.2) is 0 Å². The van der Waals surface area contributed by atoms with Gasteiger partial charge in [0.05, 0.1) is 24.7 Å². The number of carboxylic acid groups (broad SMARTS) is 1. The SMILES string of the molecule is Nc1nc(=O)n([C@H]2C[C@H](O)[C@@H](CO)O2)cc1C#CCN(O)C(=O)CCC(=O)O. The molecule has 1 saturated heterocycles. The van der Waals surface area contributed by atoms with Gasteiger partial charge in [-0.05, 0) is 0 Å². The molecule has 0 saturated carbocycles. The molecule has 0 bridgehead atoms. The van der Waals surface area contributed by atoms with Crippen LogP contribution in [0.2, 0.25) is 0 Å². The van der Waals surface area contributed by atoms with Crippen LogP contribution in [-0.4, -0.2) is 72.4 Å². The number of anilines is 1. The smallest absolute Gasteiger partial charge is 0.351 e. The van der Waals surface area contributed by atoms with Crippen LogP contribution in [0.4, 0.5) is 5.82 Å². The number of aliphatic hydroxyl groups is 2. The molecule has 1 aromatic heterocycles. The zero-order valence-corrected chi connectivity index (χ0v) is 14.7. The van der Waals surface area contributed by atoms with Gasteiger partial charge in [0.25, 0.3) is 0 Å². The van der Waals surface area contributed by atoms with E-state index in [0.29, 0.717) is 0 Å². The molecular formula is C16H20N4O8. The number of carbonyl (C=O) groups is 2. The number of hydroxylamine groups is 2. The quantitative estimate of drug-likeness (QED) is 0.202. The predicted molar refractivity (Wildman–Crippen MR) is 91.8 cm³/mol. The molecule has 3 atom stereocenters. The molecule has 1 fully saturated rings. The van der Waals surface area contributed by atoms with Gasteiger partial charge in [-0.3, -0.25) is 19.4 Å². The fourth-order valence-electron chi connectivity index (χ4n) is 2.48. The van der Waals surface area contributed by atoms with Gasteiger partial charge in [0, 0.05) is 19.0 Å². The highest BCUT2D eigenvalue weighted by Crippen LogP contribution is 2.27. The molecule has 1 amide bonds. The first-order valence-corrected chi connectivity index (χ1v) is 8.25. The first kappa shape index (κ1) is 21.3. The molecule has 0 aromatic carbocycles. The second-order valence-electron chi connectivity index (χ2n) is 5.99. The third-order valence-electron chi connectivity index (χ3n) is 3.97. The van der Waals surface area contributed by atoms with Crippen LogP contribution >= 0.6 is 0 Å². The van der Waals surface area contributed by atoms with Gasteiger partial charge in [-0.15, -0.1) is 0 Å². The average Bonchev–Trinajstić information content (AvgIpc) is 3.01. The molecule has 152 valence electrons. The van der Waals surface area contributed by atoms with E-state index in [-0.39, 0.29) is 29.3 Å². The topological polar surface area (TPSA) is 188 Å². The van der Waals surface area contributed by atoms with Crippen molar-refractivity contribution in [3.63, 3.8) is 0 Å². The Bertz CT molecular complexity index is 858. The molecule has 0 unspecified atom stereocenters. The highest BCUT2D eigenvalue weighted by Gasteiger charge is 2.35. The zero-order chi connectivity index (χ0) is 20.8. The molecule has 0 radical (unpaired) electrons. The number of carbonyl (C=O) groups excluding carboxylic acids is 1. The lowest BCUT2D eigenvalue weighted by Gasteiger charge is -2.15. The van der Waals surface area contributed by atoms with Crippen LogP contribution in [0.25, 0.3) is 0 Å². The molecule has 0 aliphatic carbocycles. The Labute approximate surface area is 158 Å². The number of nitrogen functional groups attached to an aromatic ring is 1. The van der Waals surface area contributed by atoms with Gasteiger partial charge in [-0.2, -0.15) is 4.98 Å². The van der Waals surface area contributed by atoms with Crippen molar-refractivity contribution in [3.8, 4) is 11.8 Å². The minimum atomic E-state index is -1.17. The summed E-state index contributed by atoms with van der Waals surface area (Å²) in [7, 11) is 0. The van der Waals surface area contributed by atoms with Crippen LogP contribution in [0.15, 0.2) is 11.0 Å². The molecule has 1 aliphatic rings. The number of aromatic nitrogens is 2. The molecule has 0 spiro atoms. The van der Waals surface area contributed by atoms with Gasteiger partial charge in [-0.1, -0.05) is 11.8 Å². The molecule has 1 aromatic rings. The number of aliphatic carboxylic acids is 1. The first-order valence-electron chi connectivity index (χ1n) is 8.25. The molecule has 2 rings (SSSR count). The van der Waals surface area contributed by atoms with Crippen molar-refractivity contribution in [3.05, 3.63) is 22.2 Å². The standard InChI is InChI=1S/C16H20N4O8/c17-15-9(2-1-5-20(27)12(23)3-4-14(24)25)7-19(16(26)18-15)13-6-10(22)11(8-21)28-13/h7,10-11,13,21-22,27H,3-6,8H2,(H,24,25)(H2,17,18,26)/t10-,11+,13+/m0/s1. The van der Waals surface area contributed by atoms with Crippen molar-refractivity contribution in [1.29, 1.82) is 0 Å². The van der Waals surface area contributed by atoms with Gasteiger partial charge < -0.3 is 25.8 Å². The van der Waals surface area contributed by atoms with E-state index in [2.05, 4.69) is 16.8 Å². The molecule has 2 heterocycles. The Hall–Kier alpha value is -2.98. The van der Waals surface area contributed by atoms with Crippen LogP contribution in [0.1, 0.15) is 31.1 Å². The monoisotopic (exact) mass is 396 g/mol. The predicted octanol–water partition coefficient (Wildman–Crippen LogP) is -2.10. The Kier molecular flexibility index (Phi) is 7.07. The van der Waals surface area contributed by atoms with E-state index in [1.807, 2.05) is 0 Å². The number of rotatable bonds is 6. The summed E-state index contributed by atoms with van der Waals surface area (Å²) in [6.45, 7) is -0.827. The molecule has 28 heavy (non-hydrogen) atoms. The summed E-state index contributed by atoms with van der Waals surface area (Å²) in [5.74, 6) is 2.87. The summed E-state index contributed by atoms with van der Waals surface area (Å²) in [5.41, 5.74) is 5.05.